The van der Waals surface area contributed by atoms with Gasteiger partial charge in [0.2, 0.25) is 11.8 Å². The maximum atomic E-state index is 15.4. The van der Waals surface area contributed by atoms with Gasteiger partial charge >= 0.3 is 5.69 Å². The second kappa shape index (κ2) is 15.0. The molecule has 5 aliphatic rings. The number of hydrogen-bond donors (Lipinski definition) is 2. The molecule has 60 heavy (non-hydrogen) atoms. The monoisotopic (exact) mass is 814 g/mol. The molecule has 308 valence electrons. The predicted molar refractivity (Wildman–Crippen MR) is 218 cm³/mol. The fourth-order valence-corrected chi connectivity index (χ4v) is 9.65. The minimum absolute atomic E-state index is 0.0142. The van der Waals surface area contributed by atoms with Crippen molar-refractivity contribution < 1.29 is 28.3 Å². The summed E-state index contributed by atoms with van der Waals surface area (Å²) in [7, 11) is 0. The van der Waals surface area contributed by atoms with Gasteiger partial charge in [0.05, 0.1) is 22.5 Å². The molecule has 4 saturated heterocycles. The van der Waals surface area contributed by atoms with Crippen molar-refractivity contribution in [3.05, 3.63) is 100 Å². The van der Waals surface area contributed by atoms with Crippen LogP contribution in [0, 0.1) is 5.82 Å². The Morgan fingerprint density at radius 1 is 0.733 bits per heavy atom. The number of para-hydroxylation sites is 1. The first kappa shape index (κ1) is 37.8. The standard InChI is InChI=1S/C43H43FN10O6/c44-33-20-31-32(42(58)54(41(31)57)34-10-11-36(55)48-40(34)56)21-35(33)51-22-28(23-51)50-16-12-25(13-17-50)49-18-14-27(15-19-49)53-39-37(38(45)46-24-47-39)52(43(53)59)26-6-8-30(9-7-26)60-29-4-2-1-3-5-29/h1-9,20-21,24-25,27-28,34H,10-19,22-23H2,(H2,45,46,47)(H,48,55,56). The average Bonchev–Trinajstić information content (AvgIpc) is 3.67. The van der Waals surface area contributed by atoms with Gasteiger partial charge in [-0.2, -0.15) is 0 Å². The molecule has 17 heteroatoms. The number of imidazole rings is 1. The Bertz CT molecular complexity index is 2590. The van der Waals surface area contributed by atoms with E-state index in [4.69, 9.17) is 10.5 Å². The van der Waals surface area contributed by atoms with E-state index in [9.17, 15) is 24.0 Å². The van der Waals surface area contributed by atoms with Crippen LogP contribution in [0.3, 0.4) is 0 Å². The molecule has 5 aromatic rings. The number of ether oxygens (including phenoxy) is 1. The Morgan fingerprint density at radius 3 is 2.05 bits per heavy atom. The number of hydrogen-bond acceptors (Lipinski definition) is 12. The van der Waals surface area contributed by atoms with Crippen molar-refractivity contribution in [1.82, 2.24) is 39.1 Å². The number of imide groups is 2. The lowest BCUT2D eigenvalue weighted by Crippen LogP contribution is -2.62. The summed E-state index contributed by atoms with van der Waals surface area (Å²) in [6, 6.07) is 18.8. The number of rotatable bonds is 8. The predicted octanol–water partition coefficient (Wildman–Crippen LogP) is 3.49. The summed E-state index contributed by atoms with van der Waals surface area (Å²) in [5, 5.41) is 2.18. The van der Waals surface area contributed by atoms with Crippen molar-refractivity contribution in [3.8, 4) is 17.2 Å². The molecule has 0 radical (unpaired) electrons. The molecule has 2 aromatic heterocycles. The van der Waals surface area contributed by atoms with Gasteiger partial charge in [0, 0.05) is 63.8 Å². The van der Waals surface area contributed by atoms with Gasteiger partial charge < -0.3 is 20.3 Å². The molecule has 0 saturated carbocycles. The summed E-state index contributed by atoms with van der Waals surface area (Å²) in [5.41, 5.74) is 8.10. The van der Waals surface area contributed by atoms with Crippen molar-refractivity contribution in [2.75, 3.05) is 49.9 Å². The quantitative estimate of drug-likeness (QED) is 0.218. The topological polar surface area (TPSA) is 181 Å². The Labute approximate surface area is 343 Å². The average molecular weight is 815 g/mol. The van der Waals surface area contributed by atoms with Crippen LogP contribution in [0.25, 0.3) is 16.9 Å². The van der Waals surface area contributed by atoms with Crippen LogP contribution in [-0.2, 0) is 9.59 Å². The van der Waals surface area contributed by atoms with E-state index in [0.717, 1.165) is 62.8 Å². The summed E-state index contributed by atoms with van der Waals surface area (Å²) < 4.78 is 24.8. The molecule has 3 aromatic carbocycles. The van der Waals surface area contributed by atoms with Crippen molar-refractivity contribution in [1.29, 1.82) is 0 Å². The van der Waals surface area contributed by atoms with Gasteiger partial charge in [-0.15, -0.1) is 0 Å². The molecule has 0 bridgehead atoms. The Kier molecular flexibility index (Phi) is 9.43. The highest BCUT2D eigenvalue weighted by atomic mass is 19.1. The number of halogens is 1. The first-order chi connectivity index (χ1) is 29.1. The van der Waals surface area contributed by atoms with Gasteiger partial charge in [0.25, 0.3) is 11.8 Å². The molecule has 10 rings (SSSR count). The zero-order valence-corrected chi connectivity index (χ0v) is 32.7. The lowest BCUT2D eigenvalue weighted by atomic mass is 9.95. The number of likely N-dealkylation sites (tertiary alicyclic amines) is 2. The van der Waals surface area contributed by atoms with Crippen LogP contribution in [0.15, 0.2) is 77.9 Å². The molecule has 5 aliphatic heterocycles. The van der Waals surface area contributed by atoms with E-state index < -0.39 is 35.5 Å². The summed E-state index contributed by atoms with van der Waals surface area (Å²) in [5.74, 6) is -1.52. The number of piperidine rings is 3. The third-order valence-electron chi connectivity index (χ3n) is 12.9. The number of carbonyl (C=O) groups is 4. The molecule has 1 unspecified atom stereocenters. The molecule has 3 N–H and O–H groups in total. The van der Waals surface area contributed by atoms with E-state index in [1.807, 2.05) is 59.5 Å². The van der Waals surface area contributed by atoms with Gasteiger partial charge in [-0.05, 0) is 80.6 Å². The second-order valence-corrected chi connectivity index (χ2v) is 16.2. The smallest absolute Gasteiger partial charge is 0.335 e. The van der Waals surface area contributed by atoms with Crippen LogP contribution in [0.2, 0.25) is 0 Å². The third kappa shape index (κ3) is 6.48. The summed E-state index contributed by atoms with van der Waals surface area (Å²) in [4.78, 5) is 81.3. The van der Waals surface area contributed by atoms with E-state index in [1.165, 1.54) is 12.4 Å². The van der Waals surface area contributed by atoms with E-state index >= 15 is 4.39 Å². The minimum Gasteiger partial charge on any atom is -0.457 e. The van der Waals surface area contributed by atoms with E-state index in [0.29, 0.717) is 47.5 Å². The van der Waals surface area contributed by atoms with Crippen LogP contribution < -0.4 is 26.4 Å². The fourth-order valence-electron chi connectivity index (χ4n) is 9.65. The first-order valence-corrected chi connectivity index (χ1v) is 20.5. The number of amides is 4. The van der Waals surface area contributed by atoms with Crippen LogP contribution in [0.1, 0.15) is 65.3 Å². The molecule has 16 nitrogen and oxygen atoms in total. The fraction of sp³-hybridized carbons (Fsp3) is 0.372. The maximum absolute atomic E-state index is 15.4. The molecular formula is C43H43FN10O6. The number of anilines is 2. The van der Waals surface area contributed by atoms with Crippen molar-refractivity contribution in [2.24, 2.45) is 0 Å². The Morgan fingerprint density at radius 2 is 1.37 bits per heavy atom. The van der Waals surface area contributed by atoms with Crippen molar-refractivity contribution >= 4 is 46.3 Å². The second-order valence-electron chi connectivity index (χ2n) is 16.2. The van der Waals surface area contributed by atoms with Crippen LogP contribution >= 0.6 is 0 Å². The normalized spacial score (nSPS) is 21.1. The molecule has 0 spiro atoms. The maximum Gasteiger partial charge on any atom is 0.335 e. The molecule has 0 aliphatic carbocycles. The number of benzene rings is 3. The molecular weight excluding hydrogens is 772 g/mol. The Balaban J connectivity index is 0.752. The summed E-state index contributed by atoms with van der Waals surface area (Å²) in [6.07, 6.45) is 5.02. The largest absolute Gasteiger partial charge is 0.457 e. The summed E-state index contributed by atoms with van der Waals surface area (Å²) >= 11 is 0. The number of nitrogens with zero attached hydrogens (tertiary/aromatic N) is 8. The zero-order valence-electron chi connectivity index (χ0n) is 32.7. The number of nitrogens with two attached hydrogens (primary N) is 1. The van der Waals surface area contributed by atoms with Gasteiger partial charge in [-0.25, -0.2) is 19.2 Å². The van der Waals surface area contributed by atoms with Gasteiger partial charge in [-0.3, -0.25) is 43.4 Å². The zero-order chi connectivity index (χ0) is 41.2. The van der Waals surface area contributed by atoms with Crippen LogP contribution in [0.4, 0.5) is 15.9 Å². The molecule has 4 amide bonds. The number of nitrogen functional groups attached to an aromatic ring is 1. The van der Waals surface area contributed by atoms with Crippen LogP contribution in [-0.4, -0.2) is 115 Å². The number of fused-ring (bicyclic) bond motifs is 2. The molecule has 1 atom stereocenters. The minimum atomic E-state index is -1.10. The summed E-state index contributed by atoms with van der Waals surface area (Å²) in [6.45, 7) is 4.68. The van der Waals surface area contributed by atoms with Crippen molar-refractivity contribution in [3.63, 3.8) is 0 Å². The first-order valence-electron chi connectivity index (χ1n) is 20.5. The molecule has 4 fully saturated rings. The number of nitrogens with one attached hydrogen (secondary N) is 1. The van der Waals surface area contributed by atoms with Crippen LogP contribution in [0.5, 0.6) is 11.5 Å². The third-order valence-corrected chi connectivity index (χ3v) is 12.9. The number of carbonyl (C=O) groups excluding carboxylic acids is 4. The highest BCUT2D eigenvalue weighted by Crippen LogP contribution is 2.36. The lowest BCUT2D eigenvalue weighted by molar-refractivity contribution is -0.136. The van der Waals surface area contributed by atoms with Crippen molar-refractivity contribution in [2.45, 2.75) is 62.7 Å². The van der Waals surface area contributed by atoms with Gasteiger partial charge in [0.15, 0.2) is 11.5 Å². The lowest BCUT2D eigenvalue weighted by Gasteiger charge is -2.50. The highest BCUT2D eigenvalue weighted by Gasteiger charge is 2.46. The van der Waals surface area contributed by atoms with E-state index in [2.05, 4.69) is 25.1 Å². The Hall–Kier alpha value is -6.46. The number of aromatic nitrogens is 4. The molecule has 7 heterocycles. The highest BCUT2D eigenvalue weighted by molar-refractivity contribution is 6.23. The SMILES string of the molecule is Nc1ncnc2c1n(-c1ccc(Oc3ccccc3)cc1)c(=O)n2C1CCN(C2CCN(C3CN(c4cc5c(cc4F)C(=O)N(C4CCC(=O)NC4=O)C5=O)C3)CC2)CC1. The van der Waals surface area contributed by atoms with E-state index in [-0.39, 0.29) is 53.2 Å². The van der Waals surface area contributed by atoms with Gasteiger partial charge in [-0.1, -0.05) is 18.2 Å². The van der Waals surface area contributed by atoms with Gasteiger partial charge in [0.1, 0.15) is 35.2 Å². The van der Waals surface area contributed by atoms with E-state index in [1.54, 1.807) is 9.13 Å².